The molecule has 0 saturated carbocycles. The number of nitrogens with zero attached hydrogens (tertiary/aromatic N) is 2. The standard InChI is InChI=1S/C10H9F3N2O3S/c1-19(17,18)9-14-4-6-7(15-9)2-5(3-8(6)16)10(11,12)13/h4-5H,2-3H2,1H3. The molecule has 1 aromatic heterocycles. The number of ketones is 1. The summed E-state index contributed by atoms with van der Waals surface area (Å²) in [5.41, 5.74) is -0.193. The average Bonchev–Trinajstić information content (AvgIpc) is 2.25. The van der Waals surface area contributed by atoms with Gasteiger partial charge in [-0.3, -0.25) is 4.79 Å². The van der Waals surface area contributed by atoms with Crippen LogP contribution in [0.2, 0.25) is 0 Å². The first-order valence-corrected chi connectivity index (χ1v) is 7.14. The number of hydrogen-bond donors (Lipinski definition) is 0. The van der Waals surface area contributed by atoms with E-state index in [-0.39, 0.29) is 11.3 Å². The molecule has 5 nitrogen and oxygen atoms in total. The molecule has 0 saturated heterocycles. The first-order valence-electron chi connectivity index (χ1n) is 5.25. The molecule has 1 unspecified atom stereocenters. The van der Waals surface area contributed by atoms with Crippen LogP contribution in [0.15, 0.2) is 11.4 Å². The van der Waals surface area contributed by atoms with Gasteiger partial charge in [-0.05, 0) is 0 Å². The largest absolute Gasteiger partial charge is 0.392 e. The Labute approximate surface area is 106 Å². The van der Waals surface area contributed by atoms with E-state index in [2.05, 4.69) is 9.97 Å². The maximum Gasteiger partial charge on any atom is 0.392 e. The maximum absolute atomic E-state index is 12.6. The van der Waals surface area contributed by atoms with Crippen molar-refractivity contribution in [2.75, 3.05) is 6.26 Å². The monoisotopic (exact) mass is 294 g/mol. The van der Waals surface area contributed by atoms with Crippen LogP contribution in [-0.4, -0.2) is 36.6 Å². The van der Waals surface area contributed by atoms with Gasteiger partial charge in [0, 0.05) is 25.3 Å². The molecule has 0 aromatic carbocycles. The number of alkyl halides is 3. The molecule has 104 valence electrons. The molecule has 0 aliphatic heterocycles. The predicted molar refractivity (Wildman–Crippen MR) is 57.3 cm³/mol. The highest BCUT2D eigenvalue weighted by Gasteiger charge is 2.44. The van der Waals surface area contributed by atoms with Gasteiger partial charge < -0.3 is 0 Å². The molecule has 19 heavy (non-hydrogen) atoms. The Morgan fingerprint density at radius 1 is 1.32 bits per heavy atom. The minimum Gasteiger partial charge on any atom is -0.294 e. The van der Waals surface area contributed by atoms with Crippen molar-refractivity contribution in [2.24, 2.45) is 5.92 Å². The number of carbonyl (C=O) groups excluding carboxylic acids is 1. The second-order valence-electron chi connectivity index (χ2n) is 4.36. The highest BCUT2D eigenvalue weighted by molar-refractivity contribution is 7.90. The van der Waals surface area contributed by atoms with Crippen LogP contribution in [0.1, 0.15) is 22.5 Å². The fourth-order valence-electron chi connectivity index (χ4n) is 1.84. The summed E-state index contributed by atoms with van der Waals surface area (Å²) in [6.45, 7) is 0. The quantitative estimate of drug-likeness (QED) is 0.727. The summed E-state index contributed by atoms with van der Waals surface area (Å²) in [6.07, 6.45) is -3.84. The van der Waals surface area contributed by atoms with Crippen molar-refractivity contribution in [3.8, 4) is 0 Å². The zero-order valence-corrected chi connectivity index (χ0v) is 10.5. The lowest BCUT2D eigenvalue weighted by Gasteiger charge is -2.24. The van der Waals surface area contributed by atoms with Crippen LogP contribution in [0.3, 0.4) is 0 Å². The summed E-state index contributed by atoms with van der Waals surface area (Å²) < 4.78 is 60.4. The summed E-state index contributed by atoms with van der Waals surface area (Å²) in [6, 6.07) is 0. The molecule has 1 atom stereocenters. The molecule has 9 heteroatoms. The van der Waals surface area contributed by atoms with E-state index in [1.807, 2.05) is 0 Å². The minimum atomic E-state index is -4.51. The van der Waals surface area contributed by atoms with Crippen molar-refractivity contribution in [3.63, 3.8) is 0 Å². The van der Waals surface area contributed by atoms with Crippen molar-refractivity contribution in [2.45, 2.75) is 24.2 Å². The van der Waals surface area contributed by atoms with E-state index in [1.165, 1.54) is 0 Å². The van der Waals surface area contributed by atoms with E-state index in [0.717, 1.165) is 12.5 Å². The van der Waals surface area contributed by atoms with Crippen molar-refractivity contribution in [1.82, 2.24) is 9.97 Å². The normalized spacial score (nSPS) is 20.2. The topological polar surface area (TPSA) is 77.0 Å². The maximum atomic E-state index is 12.6. The minimum absolute atomic E-state index is 0.0344. The number of carbonyl (C=O) groups is 1. The highest BCUT2D eigenvalue weighted by atomic mass is 32.2. The van der Waals surface area contributed by atoms with E-state index in [9.17, 15) is 26.4 Å². The van der Waals surface area contributed by atoms with Gasteiger partial charge in [-0.25, -0.2) is 18.4 Å². The summed E-state index contributed by atoms with van der Waals surface area (Å²) in [5.74, 6) is -2.54. The molecule has 1 aliphatic rings. The van der Waals surface area contributed by atoms with Gasteiger partial charge >= 0.3 is 6.18 Å². The van der Waals surface area contributed by atoms with Crippen LogP contribution >= 0.6 is 0 Å². The molecule has 0 bridgehead atoms. The summed E-state index contributed by atoms with van der Waals surface area (Å²) >= 11 is 0. The van der Waals surface area contributed by atoms with Crippen molar-refractivity contribution in [3.05, 3.63) is 17.5 Å². The van der Waals surface area contributed by atoms with Crippen molar-refractivity contribution < 1.29 is 26.4 Å². The number of Topliss-reactive ketones (excluding diaryl/α,β-unsaturated/α-hetero) is 1. The molecule has 0 spiro atoms. The lowest BCUT2D eigenvalue weighted by atomic mass is 9.86. The predicted octanol–water partition coefficient (Wildman–Crippen LogP) is 1.19. The molecule has 0 radical (unpaired) electrons. The highest BCUT2D eigenvalue weighted by Crippen LogP contribution is 2.36. The first kappa shape index (κ1) is 13.9. The Balaban J connectivity index is 2.48. The fraction of sp³-hybridized carbons (Fsp3) is 0.500. The summed E-state index contributed by atoms with van der Waals surface area (Å²) in [5, 5.41) is -0.568. The molecule has 0 amide bonds. The average molecular weight is 294 g/mol. The van der Waals surface area contributed by atoms with Crippen LogP contribution in [0.25, 0.3) is 0 Å². The Morgan fingerprint density at radius 2 is 1.95 bits per heavy atom. The van der Waals surface area contributed by atoms with Crippen molar-refractivity contribution in [1.29, 1.82) is 0 Å². The van der Waals surface area contributed by atoms with Crippen LogP contribution in [0.5, 0.6) is 0 Å². The van der Waals surface area contributed by atoms with Gasteiger partial charge in [0.15, 0.2) is 5.78 Å². The number of hydrogen-bond acceptors (Lipinski definition) is 5. The van der Waals surface area contributed by atoms with Gasteiger partial charge in [-0.15, -0.1) is 0 Å². The van der Waals surface area contributed by atoms with Gasteiger partial charge in [-0.2, -0.15) is 13.2 Å². The number of fused-ring (bicyclic) bond motifs is 1. The lowest BCUT2D eigenvalue weighted by molar-refractivity contribution is -0.174. The van der Waals surface area contributed by atoms with E-state index < -0.39 is 45.7 Å². The van der Waals surface area contributed by atoms with Crippen LogP contribution in [0.4, 0.5) is 13.2 Å². The number of aromatic nitrogens is 2. The molecular weight excluding hydrogens is 285 g/mol. The smallest absolute Gasteiger partial charge is 0.294 e. The third-order valence-corrected chi connectivity index (χ3v) is 3.67. The number of halogens is 3. The van der Waals surface area contributed by atoms with Gasteiger partial charge in [0.05, 0.1) is 17.2 Å². The molecule has 1 aromatic rings. The summed E-state index contributed by atoms with van der Waals surface area (Å²) in [7, 11) is -3.72. The van der Waals surface area contributed by atoms with Crippen LogP contribution < -0.4 is 0 Å². The van der Waals surface area contributed by atoms with E-state index >= 15 is 0 Å². The third kappa shape index (κ3) is 2.75. The van der Waals surface area contributed by atoms with Crippen molar-refractivity contribution >= 4 is 15.6 Å². The Morgan fingerprint density at radius 3 is 2.47 bits per heavy atom. The molecule has 1 aliphatic carbocycles. The van der Waals surface area contributed by atoms with Gasteiger partial charge in [0.25, 0.3) is 0 Å². The summed E-state index contributed by atoms with van der Waals surface area (Å²) in [4.78, 5) is 18.7. The van der Waals surface area contributed by atoms with Gasteiger partial charge in [0.1, 0.15) is 0 Å². The zero-order valence-electron chi connectivity index (χ0n) is 9.73. The SMILES string of the molecule is CS(=O)(=O)c1ncc2c(n1)CC(C(F)(F)F)CC2=O. The zero-order chi connectivity index (χ0) is 14.4. The molecule has 0 N–H and O–H groups in total. The first-order chi connectivity index (χ1) is 8.59. The van der Waals surface area contributed by atoms with E-state index in [0.29, 0.717) is 0 Å². The second-order valence-corrected chi connectivity index (χ2v) is 6.26. The lowest BCUT2D eigenvalue weighted by Crippen LogP contribution is -2.33. The van der Waals surface area contributed by atoms with Crippen LogP contribution in [-0.2, 0) is 16.3 Å². The van der Waals surface area contributed by atoms with Crippen LogP contribution in [0, 0.1) is 5.92 Å². The Kier molecular flexibility index (Phi) is 3.12. The molecule has 2 rings (SSSR count). The third-order valence-electron chi connectivity index (χ3n) is 2.81. The number of sulfone groups is 1. The number of rotatable bonds is 1. The molecule has 0 fully saturated rings. The van der Waals surface area contributed by atoms with Gasteiger partial charge in [-0.1, -0.05) is 0 Å². The Hall–Kier alpha value is -1.51. The van der Waals surface area contributed by atoms with E-state index in [1.54, 1.807) is 0 Å². The fourth-order valence-corrected chi connectivity index (χ4v) is 2.36. The second kappa shape index (κ2) is 4.26. The van der Waals surface area contributed by atoms with Gasteiger partial charge in [0.2, 0.25) is 15.0 Å². The van der Waals surface area contributed by atoms with E-state index in [4.69, 9.17) is 0 Å². The molecular formula is C10H9F3N2O3S. The molecule has 1 heterocycles. The Bertz CT molecular complexity index is 640.